The summed E-state index contributed by atoms with van der Waals surface area (Å²) >= 11 is 5.83. The molecule has 0 aliphatic carbocycles. The van der Waals surface area contributed by atoms with Crippen LogP contribution in [-0.2, 0) is 6.54 Å². The van der Waals surface area contributed by atoms with E-state index >= 15 is 0 Å². The van der Waals surface area contributed by atoms with Crippen LogP contribution in [0.2, 0.25) is 5.02 Å². The maximum Gasteiger partial charge on any atom is 0.253 e. The minimum absolute atomic E-state index is 0.0496. The summed E-state index contributed by atoms with van der Waals surface area (Å²) in [4.78, 5) is 27.6. The van der Waals surface area contributed by atoms with E-state index in [2.05, 4.69) is 10.3 Å². The van der Waals surface area contributed by atoms with Crippen molar-refractivity contribution < 1.29 is 14.0 Å². The number of carbonyl (C=O) groups is 2. The van der Waals surface area contributed by atoms with Crippen molar-refractivity contribution in [3.05, 3.63) is 63.7 Å². The van der Waals surface area contributed by atoms with Crippen molar-refractivity contribution in [2.75, 3.05) is 0 Å². The molecule has 0 aliphatic rings. The molecule has 114 valence electrons. The molecule has 0 saturated carbocycles. The van der Waals surface area contributed by atoms with Crippen molar-refractivity contribution in [1.29, 1.82) is 0 Å². The second-order valence-corrected chi connectivity index (χ2v) is 5.21. The SMILES string of the molecule is CC(=O)c1ccc(CNC(=O)c2ccc(F)cc2Cl)nc1C. The highest BCUT2D eigenvalue weighted by Gasteiger charge is 2.12. The minimum atomic E-state index is -0.501. The number of ketones is 1. The van der Waals surface area contributed by atoms with Gasteiger partial charge in [-0.05, 0) is 44.2 Å². The monoisotopic (exact) mass is 320 g/mol. The Hall–Kier alpha value is -2.27. The van der Waals surface area contributed by atoms with Crippen LogP contribution in [0.25, 0.3) is 0 Å². The molecule has 1 N–H and O–H groups in total. The van der Waals surface area contributed by atoms with Crippen LogP contribution in [0.1, 0.15) is 39.0 Å². The van der Waals surface area contributed by atoms with E-state index in [-0.39, 0.29) is 22.9 Å². The summed E-state index contributed by atoms with van der Waals surface area (Å²) in [6.45, 7) is 3.40. The number of aromatic nitrogens is 1. The first-order valence-corrected chi connectivity index (χ1v) is 6.97. The number of aryl methyl sites for hydroxylation is 1. The molecule has 0 bridgehead atoms. The second kappa shape index (κ2) is 6.66. The van der Waals surface area contributed by atoms with Crippen LogP contribution in [0, 0.1) is 12.7 Å². The first-order chi connectivity index (χ1) is 10.4. The molecular formula is C16H14ClFN2O2. The lowest BCUT2D eigenvalue weighted by atomic mass is 10.1. The van der Waals surface area contributed by atoms with Gasteiger partial charge in [-0.1, -0.05) is 11.6 Å². The Balaban J connectivity index is 2.08. The van der Waals surface area contributed by atoms with Gasteiger partial charge >= 0.3 is 0 Å². The molecule has 0 unspecified atom stereocenters. The third kappa shape index (κ3) is 3.68. The highest BCUT2D eigenvalue weighted by molar-refractivity contribution is 6.33. The number of hydrogen-bond acceptors (Lipinski definition) is 3. The van der Waals surface area contributed by atoms with E-state index in [4.69, 9.17) is 11.6 Å². The molecule has 0 saturated heterocycles. The Bertz CT molecular complexity index is 747. The average molecular weight is 321 g/mol. The number of nitrogens with one attached hydrogen (secondary N) is 1. The number of rotatable bonds is 4. The first kappa shape index (κ1) is 16.1. The molecule has 0 fully saturated rings. The molecular weight excluding hydrogens is 307 g/mol. The topological polar surface area (TPSA) is 59.1 Å². The zero-order valence-corrected chi connectivity index (χ0v) is 12.9. The van der Waals surface area contributed by atoms with Gasteiger partial charge in [0.25, 0.3) is 5.91 Å². The van der Waals surface area contributed by atoms with Crippen molar-refractivity contribution in [1.82, 2.24) is 10.3 Å². The van der Waals surface area contributed by atoms with E-state index in [9.17, 15) is 14.0 Å². The summed E-state index contributed by atoms with van der Waals surface area (Å²) in [6.07, 6.45) is 0. The predicted octanol–water partition coefficient (Wildman–Crippen LogP) is 3.32. The van der Waals surface area contributed by atoms with Crippen molar-refractivity contribution in [2.24, 2.45) is 0 Å². The average Bonchev–Trinajstić information content (AvgIpc) is 2.44. The fraction of sp³-hybridized carbons (Fsp3) is 0.188. The number of benzene rings is 1. The van der Waals surface area contributed by atoms with Crippen LogP contribution in [-0.4, -0.2) is 16.7 Å². The molecule has 2 rings (SSSR count). The van der Waals surface area contributed by atoms with E-state index in [1.54, 1.807) is 19.1 Å². The fourth-order valence-electron chi connectivity index (χ4n) is 2.02. The number of pyridine rings is 1. The highest BCUT2D eigenvalue weighted by atomic mass is 35.5. The number of Topliss-reactive ketones (excluding diaryl/α,β-unsaturated/α-hetero) is 1. The van der Waals surface area contributed by atoms with E-state index < -0.39 is 11.7 Å². The zero-order chi connectivity index (χ0) is 16.3. The van der Waals surface area contributed by atoms with Crippen LogP contribution in [0.4, 0.5) is 4.39 Å². The van der Waals surface area contributed by atoms with Crippen LogP contribution in [0.5, 0.6) is 0 Å². The van der Waals surface area contributed by atoms with Gasteiger partial charge in [-0.15, -0.1) is 0 Å². The van der Waals surface area contributed by atoms with Gasteiger partial charge in [0.1, 0.15) is 5.82 Å². The van der Waals surface area contributed by atoms with Gasteiger partial charge in [-0.25, -0.2) is 4.39 Å². The lowest BCUT2D eigenvalue weighted by molar-refractivity contribution is 0.0949. The van der Waals surface area contributed by atoms with Crippen LogP contribution >= 0.6 is 11.6 Å². The molecule has 0 radical (unpaired) electrons. The number of carbonyl (C=O) groups excluding carboxylic acids is 2. The zero-order valence-electron chi connectivity index (χ0n) is 12.1. The van der Waals surface area contributed by atoms with E-state index in [0.29, 0.717) is 17.0 Å². The summed E-state index contributed by atoms with van der Waals surface area (Å²) in [6, 6.07) is 6.93. The summed E-state index contributed by atoms with van der Waals surface area (Å²) in [7, 11) is 0. The third-order valence-corrected chi connectivity index (χ3v) is 3.44. The second-order valence-electron chi connectivity index (χ2n) is 4.80. The van der Waals surface area contributed by atoms with Crippen LogP contribution in [0.3, 0.4) is 0 Å². The van der Waals surface area contributed by atoms with Gasteiger partial charge in [0, 0.05) is 11.3 Å². The molecule has 0 aliphatic heterocycles. The first-order valence-electron chi connectivity index (χ1n) is 6.59. The van der Waals surface area contributed by atoms with Crippen LogP contribution in [0.15, 0.2) is 30.3 Å². The molecule has 1 aromatic heterocycles. The highest BCUT2D eigenvalue weighted by Crippen LogP contribution is 2.17. The molecule has 6 heteroatoms. The quantitative estimate of drug-likeness (QED) is 0.879. The number of nitrogens with zero attached hydrogens (tertiary/aromatic N) is 1. The molecule has 1 heterocycles. The number of halogens is 2. The molecule has 0 spiro atoms. The Labute approximate surface area is 132 Å². The standard InChI is InChI=1S/C16H14ClFN2O2/c1-9-13(10(2)21)6-4-12(20-9)8-19-16(22)14-5-3-11(18)7-15(14)17/h3-7H,8H2,1-2H3,(H,19,22). The van der Waals surface area contributed by atoms with Gasteiger partial charge < -0.3 is 5.32 Å². The lowest BCUT2D eigenvalue weighted by Crippen LogP contribution is -2.24. The number of hydrogen-bond donors (Lipinski definition) is 1. The van der Waals surface area contributed by atoms with Crippen LogP contribution < -0.4 is 5.32 Å². The fourth-order valence-corrected chi connectivity index (χ4v) is 2.28. The Kier molecular flexibility index (Phi) is 4.88. The largest absolute Gasteiger partial charge is 0.346 e. The summed E-state index contributed by atoms with van der Waals surface area (Å²) in [5, 5.41) is 2.71. The smallest absolute Gasteiger partial charge is 0.253 e. The van der Waals surface area contributed by atoms with Crippen molar-refractivity contribution in [3.63, 3.8) is 0 Å². The predicted molar refractivity (Wildman–Crippen MR) is 81.6 cm³/mol. The van der Waals surface area contributed by atoms with Gasteiger partial charge in [0.15, 0.2) is 5.78 Å². The Morgan fingerprint density at radius 1 is 1.23 bits per heavy atom. The van der Waals surface area contributed by atoms with Gasteiger partial charge in [0.2, 0.25) is 0 Å². The lowest BCUT2D eigenvalue weighted by Gasteiger charge is -2.08. The van der Waals surface area contributed by atoms with Gasteiger partial charge in [-0.2, -0.15) is 0 Å². The van der Waals surface area contributed by atoms with Crippen molar-refractivity contribution in [3.8, 4) is 0 Å². The van der Waals surface area contributed by atoms with Crippen molar-refractivity contribution >= 4 is 23.3 Å². The molecule has 1 aromatic carbocycles. The molecule has 2 aromatic rings. The third-order valence-electron chi connectivity index (χ3n) is 3.13. The molecule has 1 amide bonds. The van der Waals surface area contributed by atoms with Gasteiger partial charge in [0.05, 0.1) is 22.8 Å². The van der Waals surface area contributed by atoms with Crippen molar-refractivity contribution in [2.45, 2.75) is 20.4 Å². The van der Waals surface area contributed by atoms with Gasteiger partial charge in [-0.3, -0.25) is 14.6 Å². The van der Waals surface area contributed by atoms with E-state index in [0.717, 1.165) is 6.07 Å². The normalized spacial score (nSPS) is 10.4. The maximum atomic E-state index is 13.0. The van der Waals surface area contributed by atoms with E-state index in [1.807, 2.05) is 0 Å². The molecule has 22 heavy (non-hydrogen) atoms. The maximum absolute atomic E-state index is 13.0. The summed E-state index contributed by atoms with van der Waals surface area (Å²) in [5.41, 5.74) is 1.98. The summed E-state index contributed by atoms with van der Waals surface area (Å²) < 4.78 is 13.0. The number of amides is 1. The molecule has 4 nitrogen and oxygen atoms in total. The minimum Gasteiger partial charge on any atom is -0.346 e. The Morgan fingerprint density at radius 2 is 1.91 bits per heavy atom. The Morgan fingerprint density at radius 3 is 2.50 bits per heavy atom. The molecule has 0 atom stereocenters. The summed E-state index contributed by atoms with van der Waals surface area (Å²) in [5.74, 6) is -0.975. The van der Waals surface area contributed by atoms with E-state index in [1.165, 1.54) is 19.1 Å².